The number of ether oxygens (including phenoxy) is 1. The van der Waals surface area contributed by atoms with E-state index in [4.69, 9.17) is 14.7 Å². The molecule has 1 amide bonds. The van der Waals surface area contributed by atoms with Crippen LogP contribution in [0.25, 0.3) is 11.4 Å². The summed E-state index contributed by atoms with van der Waals surface area (Å²) in [6.07, 6.45) is 3.92. The number of amides is 1. The van der Waals surface area contributed by atoms with Crippen LogP contribution in [0.15, 0.2) is 18.2 Å². The van der Waals surface area contributed by atoms with E-state index in [0.29, 0.717) is 5.88 Å². The molecule has 2 aromatic rings. The Bertz CT molecular complexity index is 953. The topological polar surface area (TPSA) is 58.6 Å². The number of methoxy groups -OCH3 is 1. The lowest BCUT2D eigenvalue weighted by molar-refractivity contribution is -0.132. The van der Waals surface area contributed by atoms with Crippen LogP contribution in [0.5, 0.6) is 5.88 Å². The summed E-state index contributed by atoms with van der Waals surface area (Å²) in [6, 6.07) is 6.89. The molecule has 0 spiro atoms. The van der Waals surface area contributed by atoms with E-state index >= 15 is 0 Å². The number of aryl methyl sites for hydroxylation is 3. The van der Waals surface area contributed by atoms with Gasteiger partial charge in [-0.3, -0.25) is 9.69 Å². The first-order chi connectivity index (χ1) is 15.9. The van der Waals surface area contributed by atoms with Crippen LogP contribution in [-0.2, 0) is 17.6 Å². The van der Waals surface area contributed by atoms with Crippen molar-refractivity contribution in [3.63, 3.8) is 0 Å². The average Bonchev–Trinajstić information content (AvgIpc) is 2.81. The van der Waals surface area contributed by atoms with Gasteiger partial charge in [-0.15, -0.1) is 0 Å². The van der Waals surface area contributed by atoms with Crippen molar-refractivity contribution in [2.75, 3.05) is 26.7 Å². The van der Waals surface area contributed by atoms with Crippen molar-refractivity contribution in [1.29, 1.82) is 0 Å². The van der Waals surface area contributed by atoms with E-state index in [2.05, 4.69) is 57.7 Å². The Hall–Kier alpha value is -2.47. The Kier molecular flexibility index (Phi) is 8.46. The van der Waals surface area contributed by atoms with Crippen LogP contribution in [-0.4, -0.2) is 58.5 Å². The first kappa shape index (κ1) is 25.2. The molecule has 180 valence electrons. The predicted octanol–water partition coefficient (Wildman–Crippen LogP) is 4.98. The van der Waals surface area contributed by atoms with Crippen LogP contribution in [0.1, 0.15) is 75.9 Å². The highest BCUT2D eigenvalue weighted by atomic mass is 16.5. The van der Waals surface area contributed by atoms with E-state index in [9.17, 15) is 4.79 Å². The number of hydrogen-bond donors (Lipinski definition) is 0. The zero-order chi connectivity index (χ0) is 24.1. The minimum absolute atomic E-state index is 0.149. The molecule has 2 atom stereocenters. The van der Waals surface area contributed by atoms with Crippen molar-refractivity contribution in [2.24, 2.45) is 0 Å². The highest BCUT2D eigenvalue weighted by Gasteiger charge is 2.34. The number of carbonyl (C=O) groups is 1. The second-order valence-electron chi connectivity index (χ2n) is 9.07. The molecule has 6 nitrogen and oxygen atoms in total. The summed E-state index contributed by atoms with van der Waals surface area (Å²) in [5, 5.41) is 0. The Morgan fingerprint density at radius 1 is 1.15 bits per heavy atom. The number of piperazine rings is 1. The molecule has 33 heavy (non-hydrogen) atoms. The number of rotatable bonds is 8. The lowest BCUT2D eigenvalue weighted by Crippen LogP contribution is -2.54. The molecule has 6 heteroatoms. The Morgan fingerprint density at radius 2 is 1.82 bits per heavy atom. The second-order valence-corrected chi connectivity index (χ2v) is 9.07. The van der Waals surface area contributed by atoms with Crippen molar-refractivity contribution in [2.45, 2.75) is 79.3 Å². The molecule has 2 heterocycles. The number of benzene rings is 1. The zero-order valence-electron chi connectivity index (χ0n) is 21.4. The molecule has 0 bridgehead atoms. The summed E-state index contributed by atoms with van der Waals surface area (Å²) in [6.45, 7) is 14.9. The largest absolute Gasteiger partial charge is 0.481 e. The maximum atomic E-state index is 11.9. The third-order valence-corrected chi connectivity index (χ3v) is 6.94. The first-order valence-corrected chi connectivity index (χ1v) is 12.4. The molecule has 1 aromatic carbocycles. The van der Waals surface area contributed by atoms with Crippen molar-refractivity contribution in [3.05, 3.63) is 40.6 Å². The molecule has 0 saturated carbocycles. The lowest BCUT2D eigenvalue weighted by Gasteiger charge is -2.44. The van der Waals surface area contributed by atoms with Gasteiger partial charge in [-0.25, -0.2) is 4.98 Å². The van der Waals surface area contributed by atoms with Crippen LogP contribution in [0.2, 0.25) is 0 Å². The summed E-state index contributed by atoms with van der Waals surface area (Å²) in [5.41, 5.74) is 5.74. The molecule has 0 aliphatic carbocycles. The van der Waals surface area contributed by atoms with Gasteiger partial charge < -0.3 is 9.64 Å². The van der Waals surface area contributed by atoms with Crippen LogP contribution in [0.4, 0.5) is 0 Å². The molecule has 1 aromatic heterocycles. The van der Waals surface area contributed by atoms with Crippen molar-refractivity contribution < 1.29 is 9.53 Å². The molecular weight excluding hydrogens is 412 g/mol. The quantitative estimate of drug-likeness (QED) is 0.565. The molecule has 1 aliphatic heterocycles. The predicted molar refractivity (Wildman–Crippen MR) is 134 cm³/mol. The smallest absolute Gasteiger partial charge is 0.221 e. The SMILES string of the molecule is CCCC(c1c(C)nc(-c2c(CC)cccc2CC)nc1OC)N1CCN(C(C)=O)CC1C. The van der Waals surface area contributed by atoms with Gasteiger partial charge in [-0.2, -0.15) is 4.98 Å². The minimum Gasteiger partial charge on any atom is -0.481 e. The fourth-order valence-electron chi connectivity index (χ4n) is 5.21. The molecule has 0 N–H and O–H groups in total. The number of hydrogen-bond acceptors (Lipinski definition) is 5. The molecule has 3 rings (SSSR count). The van der Waals surface area contributed by atoms with E-state index in [1.54, 1.807) is 14.0 Å². The third kappa shape index (κ3) is 5.21. The lowest BCUT2D eigenvalue weighted by atomic mass is 9.95. The molecule has 2 unspecified atom stereocenters. The Morgan fingerprint density at radius 3 is 2.33 bits per heavy atom. The number of carbonyl (C=O) groups excluding carboxylic acids is 1. The summed E-state index contributed by atoms with van der Waals surface area (Å²) < 4.78 is 5.91. The van der Waals surface area contributed by atoms with Gasteiger partial charge in [0.1, 0.15) is 0 Å². The van der Waals surface area contributed by atoms with Crippen molar-refractivity contribution >= 4 is 5.91 Å². The van der Waals surface area contributed by atoms with Gasteiger partial charge >= 0.3 is 0 Å². The fourth-order valence-corrected chi connectivity index (χ4v) is 5.21. The van der Waals surface area contributed by atoms with Gasteiger partial charge in [0.05, 0.1) is 18.4 Å². The standard InChI is InChI=1S/C27H40N4O2/c1-8-12-23(31-16-15-30(20(6)32)17-18(31)4)24-19(5)28-26(29-27(24)33-7)25-21(9-2)13-11-14-22(25)10-3/h11,13-14,18,23H,8-10,12,15-17H2,1-7H3. The maximum Gasteiger partial charge on any atom is 0.221 e. The van der Waals surface area contributed by atoms with Gasteiger partial charge in [-0.05, 0) is 44.2 Å². The van der Waals surface area contributed by atoms with Crippen LogP contribution in [0, 0.1) is 6.92 Å². The molecule has 1 saturated heterocycles. The Labute approximate surface area is 199 Å². The average molecular weight is 453 g/mol. The van der Waals surface area contributed by atoms with E-state index in [1.807, 2.05) is 4.90 Å². The van der Waals surface area contributed by atoms with Crippen LogP contribution >= 0.6 is 0 Å². The summed E-state index contributed by atoms with van der Waals surface area (Å²) in [4.78, 5) is 26.4. The van der Waals surface area contributed by atoms with E-state index < -0.39 is 0 Å². The summed E-state index contributed by atoms with van der Waals surface area (Å²) in [5.74, 6) is 1.58. The van der Waals surface area contributed by atoms with Crippen molar-refractivity contribution in [3.8, 4) is 17.3 Å². The van der Waals surface area contributed by atoms with Gasteiger partial charge in [0, 0.05) is 44.2 Å². The van der Waals surface area contributed by atoms with Gasteiger partial charge in [0.15, 0.2) is 5.82 Å². The minimum atomic E-state index is 0.149. The second kappa shape index (κ2) is 11.1. The van der Waals surface area contributed by atoms with Gasteiger partial charge in [0.25, 0.3) is 0 Å². The number of aromatic nitrogens is 2. The Balaban J connectivity index is 2.07. The number of nitrogens with zero attached hydrogens (tertiary/aromatic N) is 4. The van der Waals surface area contributed by atoms with Crippen molar-refractivity contribution in [1.82, 2.24) is 19.8 Å². The van der Waals surface area contributed by atoms with Gasteiger partial charge in [0.2, 0.25) is 11.8 Å². The molecule has 1 fully saturated rings. The molecule has 1 aliphatic rings. The van der Waals surface area contributed by atoms with E-state index in [0.717, 1.165) is 68.0 Å². The highest BCUT2D eigenvalue weighted by Crippen LogP contribution is 2.38. The maximum absolute atomic E-state index is 11.9. The highest BCUT2D eigenvalue weighted by molar-refractivity contribution is 5.73. The summed E-state index contributed by atoms with van der Waals surface area (Å²) in [7, 11) is 1.71. The first-order valence-electron chi connectivity index (χ1n) is 12.4. The molecule has 0 radical (unpaired) electrons. The van der Waals surface area contributed by atoms with E-state index in [-0.39, 0.29) is 18.0 Å². The monoisotopic (exact) mass is 452 g/mol. The van der Waals surface area contributed by atoms with Crippen LogP contribution in [0.3, 0.4) is 0 Å². The zero-order valence-corrected chi connectivity index (χ0v) is 21.4. The summed E-state index contributed by atoms with van der Waals surface area (Å²) >= 11 is 0. The van der Waals surface area contributed by atoms with E-state index in [1.165, 1.54) is 11.1 Å². The molecular formula is C27H40N4O2. The normalized spacial score (nSPS) is 17.8. The van der Waals surface area contributed by atoms with Crippen LogP contribution < -0.4 is 4.74 Å². The third-order valence-electron chi connectivity index (χ3n) is 6.94. The van der Waals surface area contributed by atoms with Gasteiger partial charge in [-0.1, -0.05) is 45.4 Å². The fraction of sp³-hybridized carbons (Fsp3) is 0.593.